The van der Waals surface area contributed by atoms with Crippen LogP contribution in [0.15, 0.2) is 16.3 Å². The van der Waals surface area contributed by atoms with E-state index in [-0.39, 0.29) is 4.75 Å². The van der Waals surface area contributed by atoms with Crippen LogP contribution in [0.3, 0.4) is 0 Å². The molecule has 0 bridgehead atoms. The van der Waals surface area contributed by atoms with Crippen LogP contribution < -0.4 is 10.0 Å². The van der Waals surface area contributed by atoms with Gasteiger partial charge in [-0.2, -0.15) is 11.8 Å². The number of rotatable bonds is 9. The summed E-state index contributed by atoms with van der Waals surface area (Å²) >= 11 is 3.13. The van der Waals surface area contributed by atoms with Gasteiger partial charge in [0, 0.05) is 22.7 Å². The van der Waals surface area contributed by atoms with Crippen LogP contribution >= 0.6 is 23.1 Å². The highest BCUT2D eigenvalue weighted by atomic mass is 32.2. The quantitative estimate of drug-likeness (QED) is 0.681. The molecule has 0 saturated heterocycles. The first-order valence-electron chi connectivity index (χ1n) is 6.64. The van der Waals surface area contributed by atoms with Gasteiger partial charge in [-0.1, -0.05) is 6.92 Å². The lowest BCUT2D eigenvalue weighted by atomic mass is 10.2. The molecule has 0 spiro atoms. The van der Waals surface area contributed by atoms with Gasteiger partial charge in [-0.05, 0) is 44.5 Å². The van der Waals surface area contributed by atoms with Crippen molar-refractivity contribution in [1.82, 2.24) is 10.0 Å². The fraction of sp³-hybridized carbons (Fsp3) is 0.692. The molecule has 1 aromatic rings. The maximum atomic E-state index is 12.4. The lowest BCUT2D eigenvalue weighted by molar-refractivity contribution is 0.569. The van der Waals surface area contributed by atoms with E-state index in [1.165, 1.54) is 11.3 Å². The smallest absolute Gasteiger partial charge is 0.241 e. The second-order valence-electron chi connectivity index (χ2n) is 5.17. The molecule has 4 nitrogen and oxygen atoms in total. The van der Waals surface area contributed by atoms with Gasteiger partial charge in [-0.3, -0.25) is 0 Å². The van der Waals surface area contributed by atoms with Crippen molar-refractivity contribution in [2.45, 2.75) is 43.4 Å². The lowest BCUT2D eigenvalue weighted by Gasteiger charge is -2.22. The second-order valence-corrected chi connectivity index (χ2v) is 9.42. The highest BCUT2D eigenvalue weighted by Crippen LogP contribution is 2.24. The van der Waals surface area contributed by atoms with E-state index in [0.29, 0.717) is 18.0 Å². The van der Waals surface area contributed by atoms with Crippen molar-refractivity contribution in [3.05, 3.63) is 16.3 Å². The zero-order valence-electron chi connectivity index (χ0n) is 12.5. The van der Waals surface area contributed by atoms with Crippen molar-refractivity contribution in [2.75, 3.05) is 19.3 Å². The van der Waals surface area contributed by atoms with Crippen molar-refractivity contribution >= 4 is 33.1 Å². The van der Waals surface area contributed by atoms with Crippen molar-refractivity contribution in [3.8, 4) is 0 Å². The van der Waals surface area contributed by atoms with Gasteiger partial charge in [-0.15, -0.1) is 11.3 Å². The molecule has 0 aliphatic carbocycles. The molecular formula is C13H24N2O2S3. The molecule has 0 amide bonds. The molecule has 116 valence electrons. The minimum absolute atomic E-state index is 0.107. The molecule has 0 unspecified atom stereocenters. The minimum atomic E-state index is -3.42. The van der Waals surface area contributed by atoms with E-state index in [2.05, 4.69) is 17.0 Å². The van der Waals surface area contributed by atoms with Gasteiger partial charge in [0.1, 0.15) is 0 Å². The number of thioether (sulfide) groups is 1. The molecule has 2 N–H and O–H groups in total. The van der Waals surface area contributed by atoms with Gasteiger partial charge < -0.3 is 5.32 Å². The fourth-order valence-electron chi connectivity index (χ4n) is 1.49. The summed E-state index contributed by atoms with van der Waals surface area (Å²) in [4.78, 5) is 1.27. The van der Waals surface area contributed by atoms with Crippen molar-refractivity contribution in [2.24, 2.45) is 0 Å². The molecule has 1 heterocycles. The zero-order chi connectivity index (χ0) is 15.2. The van der Waals surface area contributed by atoms with Crippen LogP contribution in [0.2, 0.25) is 0 Å². The number of nitrogens with one attached hydrogen (secondary N) is 2. The topological polar surface area (TPSA) is 58.2 Å². The second kappa shape index (κ2) is 7.79. The Morgan fingerprint density at radius 1 is 1.40 bits per heavy atom. The summed E-state index contributed by atoms with van der Waals surface area (Å²) in [5, 5.41) is 5.08. The van der Waals surface area contributed by atoms with E-state index in [0.717, 1.165) is 17.8 Å². The van der Waals surface area contributed by atoms with E-state index in [4.69, 9.17) is 0 Å². The average molecular weight is 337 g/mol. The summed E-state index contributed by atoms with van der Waals surface area (Å²) in [5.41, 5.74) is 0. The van der Waals surface area contributed by atoms with Crippen LogP contribution in [-0.2, 0) is 16.6 Å². The Morgan fingerprint density at radius 3 is 2.70 bits per heavy atom. The van der Waals surface area contributed by atoms with E-state index in [9.17, 15) is 8.42 Å². The molecule has 20 heavy (non-hydrogen) atoms. The van der Waals surface area contributed by atoms with E-state index in [1.54, 1.807) is 17.8 Å². The van der Waals surface area contributed by atoms with Crippen LogP contribution in [0.5, 0.6) is 0 Å². The van der Waals surface area contributed by atoms with Gasteiger partial charge in [-0.25, -0.2) is 13.1 Å². The van der Waals surface area contributed by atoms with Gasteiger partial charge in [0.05, 0.1) is 4.90 Å². The Morgan fingerprint density at radius 2 is 2.10 bits per heavy atom. The van der Waals surface area contributed by atoms with Crippen molar-refractivity contribution < 1.29 is 8.42 Å². The normalized spacial score (nSPS) is 12.8. The fourth-order valence-corrected chi connectivity index (χ4v) is 4.43. The first-order chi connectivity index (χ1) is 9.32. The van der Waals surface area contributed by atoms with E-state index in [1.807, 2.05) is 25.5 Å². The Balaban J connectivity index is 2.75. The number of sulfonamides is 1. The van der Waals surface area contributed by atoms with Gasteiger partial charge in [0.2, 0.25) is 10.0 Å². The molecule has 0 aliphatic rings. The summed E-state index contributed by atoms with van der Waals surface area (Å²) in [6.07, 6.45) is 3.02. The number of hydrogen-bond donors (Lipinski definition) is 2. The third-order valence-corrected chi connectivity index (χ3v) is 6.73. The number of hydrogen-bond acceptors (Lipinski definition) is 5. The summed E-state index contributed by atoms with van der Waals surface area (Å²) in [7, 11) is -3.42. The third kappa shape index (κ3) is 5.37. The maximum absolute atomic E-state index is 12.4. The molecule has 0 atom stereocenters. The Kier molecular flexibility index (Phi) is 7.00. The maximum Gasteiger partial charge on any atom is 0.241 e. The summed E-state index contributed by atoms with van der Waals surface area (Å²) in [5.74, 6) is 0. The Hall–Kier alpha value is -0.0800. The SMILES string of the molecule is CCCNCc1sccc1S(=O)(=O)NCC(C)(C)SC. The molecule has 0 fully saturated rings. The van der Waals surface area contributed by atoms with Crippen molar-refractivity contribution in [3.63, 3.8) is 0 Å². The summed E-state index contributed by atoms with van der Waals surface area (Å²) in [6.45, 7) is 8.06. The number of thiophene rings is 1. The molecule has 1 aromatic heterocycles. The first kappa shape index (κ1) is 18.0. The average Bonchev–Trinajstić information content (AvgIpc) is 2.86. The molecule has 0 aliphatic heterocycles. The van der Waals surface area contributed by atoms with Crippen LogP contribution in [0.4, 0.5) is 0 Å². The summed E-state index contributed by atoms with van der Waals surface area (Å²) in [6, 6.07) is 1.68. The molecule has 0 aromatic carbocycles. The monoisotopic (exact) mass is 336 g/mol. The largest absolute Gasteiger partial charge is 0.312 e. The van der Waals surface area contributed by atoms with Crippen LogP contribution in [0, 0.1) is 0 Å². The van der Waals surface area contributed by atoms with Crippen LogP contribution in [0.25, 0.3) is 0 Å². The highest BCUT2D eigenvalue weighted by Gasteiger charge is 2.23. The van der Waals surface area contributed by atoms with E-state index >= 15 is 0 Å². The van der Waals surface area contributed by atoms with Crippen LogP contribution in [0.1, 0.15) is 32.1 Å². The Bertz CT molecular complexity index is 509. The van der Waals surface area contributed by atoms with Crippen molar-refractivity contribution in [1.29, 1.82) is 0 Å². The van der Waals surface area contributed by atoms with Gasteiger partial charge >= 0.3 is 0 Å². The first-order valence-corrected chi connectivity index (χ1v) is 10.2. The standard InChI is InChI=1S/C13H24N2O2S3/c1-5-7-14-9-11-12(6-8-19-11)20(16,17)15-10-13(2,3)18-4/h6,8,14-15H,5,7,9-10H2,1-4H3. The molecule has 7 heteroatoms. The predicted octanol–water partition coefficient (Wildman–Crippen LogP) is 2.67. The highest BCUT2D eigenvalue weighted by molar-refractivity contribution is 8.00. The van der Waals surface area contributed by atoms with Crippen LogP contribution in [-0.4, -0.2) is 32.5 Å². The molecule has 0 saturated carbocycles. The Labute approximate surface area is 130 Å². The minimum Gasteiger partial charge on any atom is -0.312 e. The predicted molar refractivity (Wildman–Crippen MR) is 89.1 cm³/mol. The summed E-state index contributed by atoms with van der Waals surface area (Å²) < 4.78 is 27.3. The zero-order valence-corrected chi connectivity index (χ0v) is 15.0. The molecule has 1 rings (SSSR count). The van der Waals surface area contributed by atoms with E-state index < -0.39 is 10.0 Å². The van der Waals surface area contributed by atoms with Gasteiger partial charge in [0.25, 0.3) is 0 Å². The molecular weight excluding hydrogens is 312 g/mol. The van der Waals surface area contributed by atoms with Gasteiger partial charge in [0.15, 0.2) is 0 Å². The lowest BCUT2D eigenvalue weighted by Crippen LogP contribution is -2.36. The third-order valence-electron chi connectivity index (χ3n) is 2.95. The molecule has 0 radical (unpaired) electrons.